The normalized spacial score (nSPS) is 25.8. The molecular formula is C25H34O8. The Morgan fingerprint density at radius 2 is 1.48 bits per heavy atom. The summed E-state index contributed by atoms with van der Waals surface area (Å²) in [6, 6.07) is 9.41. The van der Waals surface area contributed by atoms with Gasteiger partial charge in [0, 0.05) is 6.42 Å². The Kier molecular flexibility index (Phi) is 7.61. The van der Waals surface area contributed by atoms with Gasteiger partial charge in [-0.25, -0.2) is 4.79 Å². The Balaban J connectivity index is 2.44. The molecule has 8 heteroatoms. The number of ether oxygens (including phenoxy) is 4. The summed E-state index contributed by atoms with van der Waals surface area (Å²) >= 11 is 0. The summed E-state index contributed by atoms with van der Waals surface area (Å²) in [7, 11) is 3.79. The Morgan fingerprint density at radius 1 is 0.939 bits per heavy atom. The number of methoxy groups -OCH3 is 3. The fourth-order valence-corrected chi connectivity index (χ4v) is 5.32. The molecule has 1 heterocycles. The monoisotopic (exact) mass is 462 g/mol. The van der Waals surface area contributed by atoms with Gasteiger partial charge in [-0.1, -0.05) is 30.3 Å². The van der Waals surface area contributed by atoms with Crippen molar-refractivity contribution in [2.24, 2.45) is 16.2 Å². The molecule has 182 valence electrons. The van der Waals surface area contributed by atoms with Gasteiger partial charge in [0.05, 0.1) is 37.6 Å². The molecule has 0 amide bonds. The molecule has 0 aromatic heterocycles. The molecule has 1 aromatic carbocycles. The number of cyclic esters (lactones) is 1. The second-order valence-corrected chi connectivity index (χ2v) is 9.97. The molecular weight excluding hydrogens is 428 g/mol. The van der Waals surface area contributed by atoms with E-state index in [1.165, 1.54) is 28.3 Å². The van der Waals surface area contributed by atoms with Crippen LogP contribution in [0.2, 0.25) is 0 Å². The van der Waals surface area contributed by atoms with Gasteiger partial charge in [-0.15, -0.1) is 0 Å². The lowest BCUT2D eigenvalue weighted by molar-refractivity contribution is -0.171. The predicted molar refractivity (Wildman–Crippen MR) is 119 cm³/mol. The lowest BCUT2D eigenvalue weighted by Gasteiger charge is -2.39. The third-order valence-corrected chi connectivity index (χ3v) is 6.51. The van der Waals surface area contributed by atoms with Gasteiger partial charge in [0.15, 0.2) is 0 Å². The molecule has 0 radical (unpaired) electrons. The second kappa shape index (κ2) is 9.53. The second-order valence-electron chi connectivity index (χ2n) is 9.97. The van der Waals surface area contributed by atoms with E-state index >= 15 is 0 Å². The summed E-state index contributed by atoms with van der Waals surface area (Å²) in [4.78, 5) is 51.1. The van der Waals surface area contributed by atoms with Crippen LogP contribution in [-0.2, 0) is 44.5 Å². The maximum Gasteiger partial charge on any atom is 0.350 e. The first-order valence-electron chi connectivity index (χ1n) is 10.8. The van der Waals surface area contributed by atoms with Crippen LogP contribution in [0.25, 0.3) is 0 Å². The topological polar surface area (TPSA) is 105 Å². The summed E-state index contributed by atoms with van der Waals surface area (Å²) < 4.78 is 20.4. The van der Waals surface area contributed by atoms with Crippen LogP contribution < -0.4 is 0 Å². The molecule has 0 unspecified atom stereocenters. The molecule has 1 saturated heterocycles. The maximum atomic E-state index is 13.0. The van der Waals surface area contributed by atoms with Crippen molar-refractivity contribution in [3.8, 4) is 0 Å². The fraction of sp³-hybridized carbons (Fsp3) is 0.600. The number of hydrogen-bond donors (Lipinski definition) is 0. The third-order valence-electron chi connectivity index (χ3n) is 6.51. The highest BCUT2D eigenvalue weighted by molar-refractivity contribution is 5.90. The minimum Gasteiger partial charge on any atom is -0.469 e. The Bertz CT molecular complexity index is 912. The zero-order valence-electron chi connectivity index (χ0n) is 20.5. The van der Waals surface area contributed by atoms with Crippen LogP contribution in [0, 0.1) is 16.2 Å². The van der Waals surface area contributed by atoms with E-state index in [4.69, 9.17) is 18.9 Å². The van der Waals surface area contributed by atoms with Crippen molar-refractivity contribution in [2.45, 2.75) is 59.0 Å². The van der Waals surface area contributed by atoms with Gasteiger partial charge in [0.2, 0.25) is 5.60 Å². The molecule has 0 spiro atoms. The fourth-order valence-electron chi connectivity index (χ4n) is 5.32. The van der Waals surface area contributed by atoms with Crippen molar-refractivity contribution in [3.63, 3.8) is 0 Å². The first-order chi connectivity index (χ1) is 15.3. The lowest BCUT2D eigenvalue weighted by atomic mass is 9.63. The summed E-state index contributed by atoms with van der Waals surface area (Å²) in [5.74, 6) is -2.30. The zero-order valence-corrected chi connectivity index (χ0v) is 20.5. The quantitative estimate of drug-likeness (QED) is 0.407. The SMILES string of the molecule is COC(=O)[C@](C)(Cc1ccccc1)C[C@](C)(C[C@]1(C)C[C@](C)(C(=O)OC)OC1=O)C(=O)OC. The number of carbonyl (C=O) groups is 4. The van der Waals surface area contributed by atoms with Gasteiger partial charge in [0.25, 0.3) is 0 Å². The summed E-state index contributed by atoms with van der Waals surface area (Å²) in [6.07, 6.45) is 0.436. The zero-order chi connectivity index (χ0) is 25.1. The van der Waals surface area contributed by atoms with Crippen molar-refractivity contribution >= 4 is 23.9 Å². The van der Waals surface area contributed by atoms with Crippen molar-refractivity contribution in [1.82, 2.24) is 0 Å². The highest BCUT2D eigenvalue weighted by Gasteiger charge is 2.60. The smallest absolute Gasteiger partial charge is 0.350 e. The van der Waals surface area contributed by atoms with Gasteiger partial charge in [0.1, 0.15) is 0 Å². The average Bonchev–Trinajstić information content (AvgIpc) is 3.00. The molecule has 1 fully saturated rings. The Hall–Kier alpha value is -2.90. The molecule has 33 heavy (non-hydrogen) atoms. The van der Waals surface area contributed by atoms with Gasteiger partial charge < -0.3 is 18.9 Å². The average molecular weight is 463 g/mol. The maximum absolute atomic E-state index is 13.0. The molecule has 1 aliphatic rings. The molecule has 0 bridgehead atoms. The van der Waals surface area contributed by atoms with Gasteiger partial charge >= 0.3 is 23.9 Å². The van der Waals surface area contributed by atoms with E-state index in [9.17, 15) is 19.2 Å². The van der Waals surface area contributed by atoms with Crippen LogP contribution in [-0.4, -0.2) is 50.8 Å². The molecule has 0 aliphatic carbocycles. The highest BCUT2D eigenvalue weighted by Crippen LogP contribution is 2.51. The largest absolute Gasteiger partial charge is 0.469 e. The molecule has 0 N–H and O–H groups in total. The number of carbonyl (C=O) groups excluding carboxylic acids is 4. The Labute approximate surface area is 194 Å². The van der Waals surface area contributed by atoms with Crippen molar-refractivity contribution < 1.29 is 38.1 Å². The van der Waals surface area contributed by atoms with Crippen molar-refractivity contribution in [3.05, 3.63) is 35.9 Å². The van der Waals surface area contributed by atoms with Gasteiger partial charge in [-0.3, -0.25) is 14.4 Å². The van der Waals surface area contributed by atoms with Crippen molar-refractivity contribution in [1.29, 1.82) is 0 Å². The van der Waals surface area contributed by atoms with E-state index in [-0.39, 0.29) is 19.3 Å². The van der Waals surface area contributed by atoms with E-state index in [2.05, 4.69) is 0 Å². The predicted octanol–water partition coefficient (Wildman–Crippen LogP) is 3.25. The molecule has 0 saturated carbocycles. The molecule has 1 aliphatic heterocycles. The number of benzene rings is 1. The van der Waals surface area contributed by atoms with E-state index < -0.39 is 45.7 Å². The summed E-state index contributed by atoms with van der Waals surface area (Å²) in [5.41, 5.74) is -4.05. The Morgan fingerprint density at radius 3 is 2.00 bits per heavy atom. The van der Waals surface area contributed by atoms with Crippen molar-refractivity contribution in [2.75, 3.05) is 21.3 Å². The minimum atomic E-state index is -1.45. The van der Waals surface area contributed by atoms with E-state index in [1.807, 2.05) is 30.3 Å². The van der Waals surface area contributed by atoms with Crippen LogP contribution in [0.3, 0.4) is 0 Å². The van der Waals surface area contributed by atoms with Crippen LogP contribution in [0.4, 0.5) is 0 Å². The molecule has 4 atom stereocenters. The highest BCUT2D eigenvalue weighted by atomic mass is 16.6. The van der Waals surface area contributed by atoms with E-state index in [0.29, 0.717) is 6.42 Å². The van der Waals surface area contributed by atoms with E-state index in [1.54, 1.807) is 20.8 Å². The molecule has 2 rings (SSSR count). The first kappa shape index (κ1) is 26.4. The van der Waals surface area contributed by atoms with Crippen LogP contribution >= 0.6 is 0 Å². The van der Waals surface area contributed by atoms with Crippen LogP contribution in [0.1, 0.15) is 52.5 Å². The standard InChI is InChI=1S/C25H34O8/c1-22(18(26)30-5,13-17-11-9-8-10-12-17)14-23(2,19(27)31-6)15-24(3)16-25(4,21(29)32-7)33-20(24)28/h8-12H,13-16H2,1-7H3/t22-,23-,24-,25-/m1/s1. The minimum absolute atomic E-state index is 0.0134. The van der Waals surface area contributed by atoms with E-state index in [0.717, 1.165) is 5.56 Å². The number of rotatable bonds is 9. The van der Waals surface area contributed by atoms with Crippen LogP contribution in [0.5, 0.6) is 0 Å². The molecule has 8 nitrogen and oxygen atoms in total. The van der Waals surface area contributed by atoms with Crippen LogP contribution in [0.15, 0.2) is 30.3 Å². The lowest BCUT2D eigenvalue weighted by Crippen LogP contribution is -2.44. The summed E-state index contributed by atoms with van der Waals surface area (Å²) in [6.45, 7) is 6.54. The number of esters is 4. The number of hydrogen-bond acceptors (Lipinski definition) is 8. The van der Waals surface area contributed by atoms with Gasteiger partial charge in [-0.05, 0) is 52.5 Å². The summed E-state index contributed by atoms with van der Waals surface area (Å²) in [5, 5.41) is 0. The molecule has 1 aromatic rings. The third kappa shape index (κ3) is 5.37. The van der Waals surface area contributed by atoms with Gasteiger partial charge in [-0.2, -0.15) is 0 Å². The first-order valence-corrected chi connectivity index (χ1v) is 10.8.